The number of nitrogens with zero attached hydrogens (tertiary/aromatic N) is 2. The lowest BCUT2D eigenvalue weighted by Crippen LogP contribution is -2.24. The van der Waals surface area contributed by atoms with Gasteiger partial charge in [0.2, 0.25) is 10.0 Å². The smallest absolute Gasteiger partial charge is 0.242 e. The van der Waals surface area contributed by atoms with Crippen molar-refractivity contribution in [2.24, 2.45) is 5.73 Å². The number of nitrogens with one attached hydrogen (secondary N) is 2. The quantitative estimate of drug-likeness (QED) is 0.755. The molecule has 1 aromatic heterocycles. The first-order valence-electron chi connectivity index (χ1n) is 5.46. The third kappa shape index (κ3) is 3.10. The van der Waals surface area contributed by atoms with Crippen LogP contribution in [-0.2, 0) is 23.1 Å². The van der Waals surface area contributed by atoms with Gasteiger partial charge in [0.25, 0.3) is 0 Å². The summed E-state index contributed by atoms with van der Waals surface area (Å²) in [6, 6.07) is 2.77. The molecule has 0 aliphatic heterocycles. The van der Waals surface area contributed by atoms with Crippen molar-refractivity contribution in [1.82, 2.24) is 19.9 Å². The van der Waals surface area contributed by atoms with Crippen LogP contribution in [0.3, 0.4) is 0 Å². The Kier molecular flexibility index (Phi) is 4.61. The molecule has 1 aromatic carbocycles. The maximum absolute atomic E-state index is 12.2. The van der Waals surface area contributed by atoms with Gasteiger partial charge < -0.3 is 5.73 Å². The fraction of sp³-hybridized carbons (Fsp3) is 0.200. The van der Waals surface area contributed by atoms with Gasteiger partial charge in [-0.1, -0.05) is 23.2 Å². The zero-order valence-corrected chi connectivity index (χ0v) is 12.4. The maximum Gasteiger partial charge on any atom is 0.242 e. The van der Waals surface area contributed by atoms with E-state index in [4.69, 9.17) is 28.9 Å². The molecular formula is C10H11Cl2N5O2S. The van der Waals surface area contributed by atoms with Crippen molar-refractivity contribution in [3.63, 3.8) is 0 Å². The van der Waals surface area contributed by atoms with Crippen LogP contribution in [0.1, 0.15) is 11.4 Å². The average molecular weight is 336 g/mol. The van der Waals surface area contributed by atoms with Gasteiger partial charge in [0.15, 0.2) is 0 Å². The number of hydrogen-bond donors (Lipinski definition) is 3. The van der Waals surface area contributed by atoms with Crippen LogP contribution in [0.2, 0.25) is 10.0 Å². The number of aromatic amines is 1. The highest BCUT2D eigenvalue weighted by atomic mass is 35.5. The normalized spacial score (nSPS) is 11.8. The molecule has 0 radical (unpaired) electrons. The van der Waals surface area contributed by atoms with Crippen molar-refractivity contribution in [3.8, 4) is 0 Å². The van der Waals surface area contributed by atoms with E-state index in [-0.39, 0.29) is 23.0 Å². The topological polar surface area (TPSA) is 114 Å². The highest BCUT2D eigenvalue weighted by Gasteiger charge is 2.21. The van der Waals surface area contributed by atoms with Gasteiger partial charge in [0.1, 0.15) is 17.0 Å². The third-order valence-corrected chi connectivity index (χ3v) is 4.88. The maximum atomic E-state index is 12.2. The highest BCUT2D eigenvalue weighted by Crippen LogP contribution is 2.30. The lowest BCUT2D eigenvalue weighted by molar-refractivity contribution is 0.579. The summed E-state index contributed by atoms with van der Waals surface area (Å²) < 4.78 is 26.7. The van der Waals surface area contributed by atoms with Crippen LogP contribution in [0.4, 0.5) is 0 Å². The summed E-state index contributed by atoms with van der Waals surface area (Å²) in [5.41, 5.74) is 5.89. The summed E-state index contributed by atoms with van der Waals surface area (Å²) >= 11 is 11.9. The molecule has 0 aliphatic carbocycles. The second-order valence-electron chi connectivity index (χ2n) is 3.80. The number of nitrogens with two attached hydrogens (primary N) is 1. The Morgan fingerprint density at radius 3 is 2.70 bits per heavy atom. The molecule has 0 bridgehead atoms. The van der Waals surface area contributed by atoms with Crippen molar-refractivity contribution >= 4 is 33.2 Å². The summed E-state index contributed by atoms with van der Waals surface area (Å²) in [6.45, 7) is 0.0162. The van der Waals surface area contributed by atoms with Crippen molar-refractivity contribution in [3.05, 3.63) is 39.9 Å². The second kappa shape index (κ2) is 6.06. The molecule has 0 atom stereocenters. The van der Waals surface area contributed by atoms with Crippen molar-refractivity contribution in [1.29, 1.82) is 0 Å². The largest absolute Gasteiger partial charge is 0.326 e. The van der Waals surface area contributed by atoms with Gasteiger partial charge in [-0.2, -0.15) is 5.10 Å². The predicted octanol–water partition coefficient (Wildman–Crippen LogP) is 1.05. The van der Waals surface area contributed by atoms with E-state index in [0.29, 0.717) is 16.4 Å². The van der Waals surface area contributed by atoms with Gasteiger partial charge in [-0.25, -0.2) is 18.1 Å². The Hall–Kier alpha value is -1.19. The van der Waals surface area contributed by atoms with Crippen molar-refractivity contribution < 1.29 is 8.42 Å². The Morgan fingerprint density at radius 2 is 2.10 bits per heavy atom. The van der Waals surface area contributed by atoms with Gasteiger partial charge in [0.05, 0.1) is 11.6 Å². The Morgan fingerprint density at radius 1 is 1.35 bits per heavy atom. The second-order valence-corrected chi connectivity index (χ2v) is 6.32. The summed E-state index contributed by atoms with van der Waals surface area (Å²) in [6.07, 6.45) is 1.28. The molecule has 0 unspecified atom stereocenters. The van der Waals surface area contributed by atoms with Crippen LogP contribution in [0, 0.1) is 0 Å². The molecule has 0 saturated carbocycles. The molecule has 0 spiro atoms. The molecule has 1 heterocycles. The SMILES string of the molecule is NCc1c(Cl)ccc(S(=O)(=O)NCc2ncn[nH]2)c1Cl. The molecule has 10 heteroatoms. The molecule has 4 N–H and O–H groups in total. The average Bonchev–Trinajstić information content (AvgIpc) is 2.90. The summed E-state index contributed by atoms with van der Waals surface area (Å²) in [4.78, 5) is 3.74. The number of benzene rings is 1. The summed E-state index contributed by atoms with van der Waals surface area (Å²) in [7, 11) is -3.80. The Bertz CT molecular complexity index is 703. The predicted molar refractivity (Wildman–Crippen MR) is 74.8 cm³/mol. The fourth-order valence-corrected chi connectivity index (χ4v) is 3.45. The van der Waals surface area contributed by atoms with E-state index in [1.54, 1.807) is 0 Å². The molecule has 108 valence electrons. The molecule has 0 amide bonds. The van der Waals surface area contributed by atoms with Crippen LogP contribution in [0.5, 0.6) is 0 Å². The lowest BCUT2D eigenvalue weighted by Gasteiger charge is -2.11. The number of aromatic nitrogens is 3. The minimum atomic E-state index is -3.80. The molecule has 2 aromatic rings. The van der Waals surface area contributed by atoms with Gasteiger partial charge in [-0.15, -0.1) is 0 Å². The lowest BCUT2D eigenvalue weighted by atomic mass is 10.2. The van der Waals surface area contributed by atoms with Gasteiger partial charge in [-0.3, -0.25) is 5.10 Å². The molecule has 0 aliphatic rings. The third-order valence-electron chi connectivity index (χ3n) is 2.54. The molecule has 0 saturated heterocycles. The van der Waals surface area contributed by atoms with Crippen molar-refractivity contribution in [2.75, 3.05) is 0 Å². The summed E-state index contributed by atoms with van der Waals surface area (Å²) in [5, 5.41) is 6.51. The molecular weight excluding hydrogens is 325 g/mol. The van der Waals surface area contributed by atoms with Crippen LogP contribution in [-0.4, -0.2) is 23.6 Å². The van der Waals surface area contributed by atoms with E-state index in [9.17, 15) is 8.42 Å². The first-order valence-corrected chi connectivity index (χ1v) is 7.70. The van der Waals surface area contributed by atoms with Crippen LogP contribution in [0.25, 0.3) is 0 Å². The van der Waals surface area contributed by atoms with Crippen LogP contribution < -0.4 is 10.5 Å². The number of hydrogen-bond acceptors (Lipinski definition) is 5. The monoisotopic (exact) mass is 335 g/mol. The van der Waals surface area contributed by atoms with E-state index < -0.39 is 10.0 Å². The molecule has 20 heavy (non-hydrogen) atoms. The van der Waals surface area contributed by atoms with Gasteiger partial charge in [0, 0.05) is 17.1 Å². The van der Waals surface area contributed by atoms with E-state index in [2.05, 4.69) is 19.9 Å². The minimum Gasteiger partial charge on any atom is -0.326 e. The Labute approximate surface area is 125 Å². The Balaban J connectivity index is 2.30. The fourth-order valence-electron chi connectivity index (χ4n) is 1.53. The van der Waals surface area contributed by atoms with E-state index in [1.807, 2.05) is 0 Å². The number of rotatable bonds is 5. The highest BCUT2D eigenvalue weighted by molar-refractivity contribution is 7.89. The zero-order valence-electron chi connectivity index (χ0n) is 10.1. The van der Waals surface area contributed by atoms with E-state index in [0.717, 1.165) is 0 Å². The molecule has 0 fully saturated rings. The zero-order chi connectivity index (χ0) is 14.8. The van der Waals surface area contributed by atoms with E-state index >= 15 is 0 Å². The number of halogens is 2. The minimum absolute atomic E-state index is 0.0186. The molecule has 2 rings (SSSR count). The number of sulfonamides is 1. The summed E-state index contributed by atoms with van der Waals surface area (Å²) in [5.74, 6) is 0.387. The van der Waals surface area contributed by atoms with Gasteiger partial charge in [-0.05, 0) is 12.1 Å². The van der Waals surface area contributed by atoms with E-state index in [1.165, 1.54) is 18.5 Å². The van der Waals surface area contributed by atoms with Crippen LogP contribution >= 0.6 is 23.2 Å². The first-order chi connectivity index (χ1) is 9.45. The first kappa shape index (κ1) is 15.2. The van der Waals surface area contributed by atoms with Crippen molar-refractivity contribution in [2.45, 2.75) is 18.0 Å². The molecule has 7 nitrogen and oxygen atoms in total. The van der Waals surface area contributed by atoms with Crippen LogP contribution in [0.15, 0.2) is 23.4 Å². The van der Waals surface area contributed by atoms with Gasteiger partial charge >= 0.3 is 0 Å². The standard InChI is InChI=1S/C10H11Cl2N5O2S/c11-7-1-2-8(10(12)6(7)3-13)20(18,19)16-4-9-14-5-15-17-9/h1-2,5,16H,3-4,13H2,(H,14,15,17). The number of H-pyrrole nitrogens is 1.